The Morgan fingerprint density at radius 2 is 2.00 bits per heavy atom. The van der Waals surface area contributed by atoms with Crippen LogP contribution in [0.5, 0.6) is 0 Å². The summed E-state index contributed by atoms with van der Waals surface area (Å²) < 4.78 is 26.3. The topological polar surface area (TPSA) is 93.1 Å². The fourth-order valence-corrected chi connectivity index (χ4v) is 4.29. The Balaban J connectivity index is 1.95. The first-order valence-electron chi connectivity index (χ1n) is 8.07. The van der Waals surface area contributed by atoms with E-state index < -0.39 is 21.7 Å². The Kier molecular flexibility index (Phi) is 6.35. The van der Waals surface area contributed by atoms with E-state index in [-0.39, 0.29) is 24.5 Å². The van der Waals surface area contributed by atoms with Crippen molar-refractivity contribution in [3.05, 3.63) is 30.3 Å². The van der Waals surface area contributed by atoms with Crippen LogP contribution in [0.2, 0.25) is 0 Å². The number of nitrogens with zero attached hydrogens (tertiary/aromatic N) is 2. The maximum Gasteiger partial charge on any atom is 0.243 e. The third-order valence-electron chi connectivity index (χ3n) is 4.22. The molecule has 0 aromatic heterocycles. The van der Waals surface area contributed by atoms with Crippen LogP contribution in [0.15, 0.2) is 35.2 Å². The predicted molar refractivity (Wildman–Crippen MR) is 92.2 cm³/mol. The highest BCUT2D eigenvalue weighted by Crippen LogP contribution is 2.27. The monoisotopic (exact) mass is 357 g/mol. The lowest BCUT2D eigenvalue weighted by Crippen LogP contribution is -2.50. The van der Waals surface area contributed by atoms with Crippen molar-refractivity contribution < 1.29 is 18.6 Å². The minimum atomic E-state index is -3.71. The molecule has 24 heavy (non-hydrogen) atoms. The van der Waals surface area contributed by atoms with Crippen molar-refractivity contribution in [3.63, 3.8) is 0 Å². The maximum absolute atomic E-state index is 12.6. The van der Waals surface area contributed by atoms with Gasteiger partial charge in [0.25, 0.3) is 0 Å². The molecule has 1 aromatic rings. The summed E-state index contributed by atoms with van der Waals surface area (Å²) >= 11 is 0. The molecule has 1 aliphatic heterocycles. The van der Waals surface area contributed by atoms with E-state index in [1.54, 1.807) is 18.2 Å². The van der Waals surface area contributed by atoms with Crippen LogP contribution in [0.1, 0.15) is 6.42 Å². The van der Waals surface area contributed by atoms with Crippen LogP contribution in [0.4, 0.5) is 0 Å². The molecule has 1 aliphatic rings. The molecule has 0 saturated carbocycles. The number of aliphatic hydroxyl groups excluding tert-OH is 1. The SMILES string of the molecule is CN(C)CCCNC[C@]1(O)CN(S(=O)(=O)c2ccccc2)C[C@H]1O. The lowest BCUT2D eigenvalue weighted by Gasteiger charge is -2.26. The Bertz CT molecular complexity index is 623. The maximum atomic E-state index is 12.6. The van der Waals surface area contributed by atoms with Gasteiger partial charge in [0, 0.05) is 19.6 Å². The molecule has 2 atom stereocenters. The molecule has 7 nitrogen and oxygen atoms in total. The van der Waals surface area contributed by atoms with E-state index in [9.17, 15) is 18.6 Å². The minimum absolute atomic E-state index is 0.104. The summed E-state index contributed by atoms with van der Waals surface area (Å²) in [5.41, 5.74) is -1.47. The average Bonchev–Trinajstić information content (AvgIpc) is 2.84. The summed E-state index contributed by atoms with van der Waals surface area (Å²) in [7, 11) is 0.263. The van der Waals surface area contributed by atoms with E-state index in [4.69, 9.17) is 0 Å². The van der Waals surface area contributed by atoms with E-state index in [0.717, 1.165) is 17.3 Å². The van der Waals surface area contributed by atoms with Crippen LogP contribution in [0, 0.1) is 0 Å². The lowest BCUT2D eigenvalue weighted by atomic mass is 10.0. The number of β-amino-alcohol motifs (C(OH)–C–C–N with tert-alkyl or cyclic N) is 2. The Hall–Kier alpha value is -1.03. The fraction of sp³-hybridized carbons (Fsp3) is 0.625. The number of hydrogen-bond donors (Lipinski definition) is 3. The summed E-state index contributed by atoms with van der Waals surface area (Å²) in [6.45, 7) is 1.54. The van der Waals surface area contributed by atoms with E-state index in [1.807, 2.05) is 14.1 Å². The van der Waals surface area contributed by atoms with Gasteiger partial charge in [-0.3, -0.25) is 0 Å². The highest BCUT2D eigenvalue weighted by atomic mass is 32.2. The van der Waals surface area contributed by atoms with Crippen molar-refractivity contribution in [2.45, 2.75) is 23.0 Å². The molecule has 136 valence electrons. The van der Waals surface area contributed by atoms with Crippen molar-refractivity contribution in [1.82, 2.24) is 14.5 Å². The molecule has 2 rings (SSSR count). The molecule has 1 saturated heterocycles. The molecule has 8 heteroatoms. The lowest BCUT2D eigenvalue weighted by molar-refractivity contribution is -0.0381. The molecule has 0 unspecified atom stereocenters. The molecule has 0 aliphatic carbocycles. The molecular weight excluding hydrogens is 330 g/mol. The van der Waals surface area contributed by atoms with Crippen LogP contribution >= 0.6 is 0 Å². The minimum Gasteiger partial charge on any atom is -0.389 e. The zero-order valence-corrected chi connectivity index (χ0v) is 15.0. The Labute approximate surface area is 143 Å². The second-order valence-corrected chi connectivity index (χ2v) is 8.50. The number of rotatable bonds is 8. The van der Waals surface area contributed by atoms with Crippen LogP contribution in [-0.2, 0) is 10.0 Å². The van der Waals surface area contributed by atoms with Crippen LogP contribution < -0.4 is 5.32 Å². The zero-order chi connectivity index (χ0) is 17.8. The summed E-state index contributed by atoms with van der Waals surface area (Å²) in [5.74, 6) is 0. The largest absolute Gasteiger partial charge is 0.389 e. The first kappa shape index (κ1) is 19.3. The van der Waals surface area contributed by atoms with Gasteiger partial charge < -0.3 is 20.4 Å². The summed E-state index contributed by atoms with van der Waals surface area (Å²) in [5, 5.41) is 23.9. The Morgan fingerprint density at radius 3 is 2.62 bits per heavy atom. The standard InChI is InChI=1S/C16H27N3O4S/c1-18(2)10-6-9-17-12-16(21)13-19(11-15(16)20)24(22,23)14-7-4-3-5-8-14/h3-5,7-8,15,17,20-21H,6,9-13H2,1-2H3/t15-,16+/m1/s1. The molecule has 3 N–H and O–H groups in total. The van der Waals surface area contributed by atoms with Crippen molar-refractivity contribution in [2.75, 3.05) is 46.8 Å². The van der Waals surface area contributed by atoms with Gasteiger partial charge in [0.1, 0.15) is 5.60 Å². The molecular formula is C16H27N3O4S. The highest BCUT2D eigenvalue weighted by Gasteiger charge is 2.48. The van der Waals surface area contributed by atoms with E-state index in [1.165, 1.54) is 12.1 Å². The molecule has 0 bridgehead atoms. The highest BCUT2D eigenvalue weighted by molar-refractivity contribution is 7.89. The smallest absolute Gasteiger partial charge is 0.243 e. The van der Waals surface area contributed by atoms with Gasteiger partial charge in [-0.1, -0.05) is 18.2 Å². The van der Waals surface area contributed by atoms with E-state index in [2.05, 4.69) is 10.2 Å². The average molecular weight is 357 g/mol. The Morgan fingerprint density at radius 1 is 1.33 bits per heavy atom. The van der Waals surface area contributed by atoms with Gasteiger partial charge in [-0.2, -0.15) is 4.31 Å². The molecule has 1 heterocycles. The van der Waals surface area contributed by atoms with Gasteiger partial charge in [-0.15, -0.1) is 0 Å². The molecule has 0 spiro atoms. The molecule has 1 aromatic carbocycles. The number of nitrogens with one attached hydrogen (secondary N) is 1. The summed E-state index contributed by atoms with van der Waals surface area (Å²) in [6.07, 6.45) is -0.206. The van der Waals surface area contributed by atoms with Crippen molar-refractivity contribution in [2.24, 2.45) is 0 Å². The van der Waals surface area contributed by atoms with Gasteiger partial charge in [0.15, 0.2) is 0 Å². The molecule has 0 amide bonds. The second kappa shape index (κ2) is 7.90. The normalized spacial score (nSPS) is 25.5. The molecule has 0 radical (unpaired) electrons. The van der Waals surface area contributed by atoms with Gasteiger partial charge >= 0.3 is 0 Å². The predicted octanol–water partition coefficient (Wildman–Crippen LogP) is -0.676. The number of benzene rings is 1. The van der Waals surface area contributed by atoms with Gasteiger partial charge in [0.2, 0.25) is 10.0 Å². The van der Waals surface area contributed by atoms with Crippen LogP contribution in [-0.4, -0.2) is 86.4 Å². The van der Waals surface area contributed by atoms with Gasteiger partial charge in [0.05, 0.1) is 11.0 Å². The number of sulfonamides is 1. The van der Waals surface area contributed by atoms with Gasteiger partial charge in [-0.05, 0) is 45.7 Å². The van der Waals surface area contributed by atoms with Crippen LogP contribution in [0.3, 0.4) is 0 Å². The van der Waals surface area contributed by atoms with Crippen LogP contribution in [0.25, 0.3) is 0 Å². The van der Waals surface area contributed by atoms with Crippen molar-refractivity contribution in [1.29, 1.82) is 0 Å². The van der Waals surface area contributed by atoms with Crippen molar-refractivity contribution >= 4 is 10.0 Å². The summed E-state index contributed by atoms with van der Waals surface area (Å²) in [6, 6.07) is 8.07. The van der Waals surface area contributed by atoms with E-state index in [0.29, 0.717) is 6.54 Å². The second-order valence-electron chi connectivity index (χ2n) is 6.56. The molecule has 1 fully saturated rings. The first-order chi connectivity index (χ1) is 11.3. The third kappa shape index (κ3) is 4.53. The zero-order valence-electron chi connectivity index (χ0n) is 14.2. The number of hydrogen-bond acceptors (Lipinski definition) is 6. The number of aliphatic hydroxyl groups is 2. The summed E-state index contributed by atoms with van der Waals surface area (Å²) in [4.78, 5) is 2.23. The van der Waals surface area contributed by atoms with E-state index >= 15 is 0 Å². The van der Waals surface area contributed by atoms with Gasteiger partial charge in [-0.25, -0.2) is 8.42 Å². The van der Waals surface area contributed by atoms with Crippen molar-refractivity contribution in [3.8, 4) is 0 Å². The first-order valence-corrected chi connectivity index (χ1v) is 9.51. The fourth-order valence-electron chi connectivity index (χ4n) is 2.76. The quantitative estimate of drug-likeness (QED) is 0.534. The third-order valence-corrected chi connectivity index (χ3v) is 6.04.